The van der Waals surface area contributed by atoms with Gasteiger partial charge in [-0.3, -0.25) is 4.90 Å². The molecular weight excluding hydrogens is 460 g/mol. The summed E-state index contributed by atoms with van der Waals surface area (Å²) in [5, 5.41) is 0. The van der Waals surface area contributed by atoms with E-state index < -0.39 is 15.6 Å². The van der Waals surface area contributed by atoms with E-state index in [-0.39, 0.29) is 37.2 Å². The molecule has 2 saturated heterocycles. The second-order valence-corrected chi connectivity index (χ2v) is 12.7. The van der Waals surface area contributed by atoms with Crippen molar-refractivity contribution in [1.82, 2.24) is 9.21 Å². The van der Waals surface area contributed by atoms with E-state index in [1.165, 1.54) is 9.87 Å². The van der Waals surface area contributed by atoms with Crippen molar-refractivity contribution in [2.75, 3.05) is 13.1 Å². The predicted octanol–water partition coefficient (Wildman–Crippen LogP) is 5.53. The summed E-state index contributed by atoms with van der Waals surface area (Å²) < 4.78 is 33.7. The highest BCUT2D eigenvalue weighted by atomic mass is 32.2. The van der Waals surface area contributed by atoms with Gasteiger partial charge in [0.05, 0.1) is 17.0 Å². The Morgan fingerprint density at radius 1 is 1.06 bits per heavy atom. The molecule has 0 aromatic heterocycles. The lowest BCUT2D eigenvalue weighted by molar-refractivity contribution is 0.0169. The summed E-state index contributed by atoms with van der Waals surface area (Å²) in [6.45, 7) is 12.3. The first-order chi connectivity index (χ1) is 16.5. The van der Waals surface area contributed by atoms with E-state index in [9.17, 15) is 13.2 Å². The molecule has 2 aromatic rings. The summed E-state index contributed by atoms with van der Waals surface area (Å²) in [5.41, 5.74) is 4.49. The Morgan fingerprint density at radius 3 is 2.37 bits per heavy atom. The molecule has 3 aliphatic heterocycles. The van der Waals surface area contributed by atoms with Gasteiger partial charge in [0.15, 0.2) is 0 Å². The minimum Gasteiger partial charge on any atom is -0.444 e. The summed E-state index contributed by atoms with van der Waals surface area (Å²) in [4.78, 5) is 15.3. The number of carbonyl (C=O) groups excluding carboxylic acids is 1. The van der Waals surface area contributed by atoms with Crippen LogP contribution in [-0.4, -0.2) is 42.4 Å². The Labute approximate surface area is 207 Å². The van der Waals surface area contributed by atoms with Crippen LogP contribution in [-0.2, 0) is 14.8 Å². The normalized spacial score (nSPS) is 25.4. The minimum atomic E-state index is -3.61. The van der Waals surface area contributed by atoms with E-state index in [1.807, 2.05) is 56.9 Å². The zero-order valence-electron chi connectivity index (χ0n) is 20.7. The molecule has 6 nitrogen and oxygen atoms in total. The number of benzene rings is 2. The lowest BCUT2D eigenvalue weighted by Crippen LogP contribution is -2.35. The highest BCUT2D eigenvalue weighted by Crippen LogP contribution is 2.57. The Balaban J connectivity index is 1.42. The van der Waals surface area contributed by atoms with Crippen LogP contribution in [0.25, 0.3) is 0 Å². The first kappa shape index (κ1) is 23.8. The molecule has 0 spiro atoms. The lowest BCUT2D eigenvalue weighted by Gasteiger charge is -2.28. The van der Waals surface area contributed by atoms with Crippen molar-refractivity contribution < 1.29 is 17.9 Å². The Kier molecular flexibility index (Phi) is 5.68. The molecule has 3 atom stereocenters. The van der Waals surface area contributed by atoms with Gasteiger partial charge in [-0.15, -0.1) is 0 Å². The fraction of sp³-hybridized carbons (Fsp3) is 0.393. The van der Waals surface area contributed by atoms with E-state index in [0.29, 0.717) is 4.90 Å². The average molecular weight is 493 g/mol. The largest absolute Gasteiger partial charge is 0.444 e. The van der Waals surface area contributed by atoms with E-state index in [4.69, 9.17) is 4.74 Å². The molecule has 3 heterocycles. The molecule has 0 aliphatic carbocycles. The van der Waals surface area contributed by atoms with Crippen molar-refractivity contribution in [3.8, 4) is 0 Å². The Bertz CT molecular complexity index is 1320. The van der Waals surface area contributed by atoms with Gasteiger partial charge in [-0.25, -0.2) is 13.2 Å². The number of aryl methyl sites for hydroxylation is 1. The summed E-state index contributed by atoms with van der Waals surface area (Å²) in [6.07, 6.45) is 2.62. The fourth-order valence-corrected chi connectivity index (χ4v) is 6.90. The quantitative estimate of drug-likeness (QED) is 0.565. The number of sulfonamides is 1. The molecule has 2 unspecified atom stereocenters. The molecule has 5 rings (SSSR count). The molecule has 2 fully saturated rings. The zero-order valence-corrected chi connectivity index (χ0v) is 21.5. The second-order valence-electron chi connectivity index (χ2n) is 10.8. The van der Waals surface area contributed by atoms with Crippen LogP contribution in [0.15, 0.2) is 77.2 Å². The van der Waals surface area contributed by atoms with Crippen molar-refractivity contribution in [1.29, 1.82) is 0 Å². The van der Waals surface area contributed by atoms with Crippen molar-refractivity contribution in [2.24, 2.45) is 5.92 Å². The van der Waals surface area contributed by atoms with Gasteiger partial charge < -0.3 is 4.74 Å². The third kappa shape index (κ3) is 4.21. The van der Waals surface area contributed by atoms with Gasteiger partial charge in [0.25, 0.3) is 0 Å². The van der Waals surface area contributed by atoms with Crippen LogP contribution in [0.4, 0.5) is 4.79 Å². The summed E-state index contributed by atoms with van der Waals surface area (Å²) in [7, 11) is -3.61. The number of fused-ring (bicyclic) bond motifs is 5. The third-order valence-electron chi connectivity index (χ3n) is 7.06. The van der Waals surface area contributed by atoms with Crippen LogP contribution in [0.5, 0.6) is 0 Å². The molecule has 3 aliphatic rings. The van der Waals surface area contributed by atoms with Crippen LogP contribution in [0.2, 0.25) is 0 Å². The van der Waals surface area contributed by atoms with Crippen LogP contribution >= 0.6 is 0 Å². The van der Waals surface area contributed by atoms with Crippen LogP contribution in [0.3, 0.4) is 0 Å². The molecule has 2 bridgehead atoms. The first-order valence-corrected chi connectivity index (χ1v) is 13.5. The minimum absolute atomic E-state index is 0.0463. The summed E-state index contributed by atoms with van der Waals surface area (Å²) in [5.74, 6) is 0.0659. The SMILES string of the molecule is C=C1CN(S(=O)(=O)c2ccc(C)cc2)C/C1=C/[C@@H]1CC2c3ccccc3C1N2C(=O)OC(C)(C)C. The van der Waals surface area contributed by atoms with Gasteiger partial charge in [-0.1, -0.05) is 54.6 Å². The molecular formula is C28H32N2O4S. The van der Waals surface area contributed by atoms with Crippen molar-refractivity contribution in [2.45, 2.75) is 56.7 Å². The maximum Gasteiger partial charge on any atom is 0.411 e. The first-order valence-electron chi connectivity index (χ1n) is 12.0. The number of hydrogen-bond donors (Lipinski definition) is 0. The monoisotopic (exact) mass is 492 g/mol. The van der Waals surface area contributed by atoms with E-state index in [1.54, 1.807) is 12.1 Å². The number of nitrogens with zero attached hydrogens (tertiary/aromatic N) is 2. The van der Waals surface area contributed by atoms with E-state index >= 15 is 0 Å². The van der Waals surface area contributed by atoms with Gasteiger partial charge in [-0.05, 0) is 68.5 Å². The predicted molar refractivity (Wildman–Crippen MR) is 135 cm³/mol. The number of ether oxygens (including phenoxy) is 1. The number of amides is 1. The highest BCUT2D eigenvalue weighted by molar-refractivity contribution is 7.89. The smallest absolute Gasteiger partial charge is 0.411 e. The number of hydrogen-bond acceptors (Lipinski definition) is 4. The van der Waals surface area contributed by atoms with E-state index in [2.05, 4.69) is 24.8 Å². The molecule has 35 heavy (non-hydrogen) atoms. The van der Waals surface area contributed by atoms with Crippen LogP contribution in [0, 0.1) is 12.8 Å². The van der Waals surface area contributed by atoms with Crippen LogP contribution in [0.1, 0.15) is 56.0 Å². The zero-order chi connectivity index (χ0) is 25.1. The summed E-state index contributed by atoms with van der Waals surface area (Å²) in [6, 6.07) is 14.9. The fourth-order valence-electron chi connectivity index (χ4n) is 5.49. The molecule has 2 aromatic carbocycles. The number of rotatable bonds is 3. The molecule has 184 valence electrons. The van der Waals surface area contributed by atoms with Gasteiger partial charge in [0.2, 0.25) is 10.0 Å². The lowest BCUT2D eigenvalue weighted by atomic mass is 9.82. The van der Waals surface area contributed by atoms with Gasteiger partial charge in [0, 0.05) is 19.0 Å². The maximum absolute atomic E-state index is 13.2. The van der Waals surface area contributed by atoms with Gasteiger partial charge in [-0.2, -0.15) is 4.31 Å². The van der Waals surface area contributed by atoms with E-state index in [0.717, 1.165) is 28.7 Å². The van der Waals surface area contributed by atoms with Gasteiger partial charge in [0.1, 0.15) is 5.60 Å². The standard InChI is InChI=1S/C28H32N2O4S/c1-18-10-12-22(13-11-18)35(32,33)29-16-19(2)21(17-29)14-20-15-25-23-8-6-7-9-24(23)26(20)30(25)27(31)34-28(3,4)5/h6-14,20,25-26H,2,15-17H2,1,3-5H3/b21-14-/t20-,25?,26?/m1/s1. The van der Waals surface area contributed by atoms with Crippen molar-refractivity contribution in [3.05, 3.63) is 89.0 Å². The molecule has 0 saturated carbocycles. The average Bonchev–Trinajstić information content (AvgIpc) is 3.44. The number of carbonyl (C=O) groups is 1. The second kappa shape index (κ2) is 8.35. The Morgan fingerprint density at radius 2 is 1.71 bits per heavy atom. The molecule has 0 N–H and O–H groups in total. The third-order valence-corrected chi connectivity index (χ3v) is 8.86. The van der Waals surface area contributed by atoms with Crippen molar-refractivity contribution >= 4 is 16.1 Å². The van der Waals surface area contributed by atoms with Gasteiger partial charge >= 0.3 is 6.09 Å². The van der Waals surface area contributed by atoms with Crippen LogP contribution < -0.4 is 0 Å². The maximum atomic E-state index is 13.2. The molecule has 0 radical (unpaired) electrons. The highest BCUT2D eigenvalue weighted by Gasteiger charge is 2.52. The molecule has 7 heteroatoms. The topological polar surface area (TPSA) is 66.9 Å². The molecule has 1 amide bonds. The van der Waals surface area contributed by atoms with Crippen molar-refractivity contribution in [3.63, 3.8) is 0 Å². The summed E-state index contributed by atoms with van der Waals surface area (Å²) >= 11 is 0. The Hall–Kier alpha value is -2.90.